The van der Waals surface area contributed by atoms with Gasteiger partial charge in [0.15, 0.2) is 0 Å². The third kappa shape index (κ3) is 4.64. The minimum absolute atomic E-state index is 0.326. The third-order valence-corrected chi connectivity index (χ3v) is 9.85. The maximum atomic E-state index is 14.6. The Morgan fingerprint density at radius 2 is 0.923 bits per heavy atom. The van der Waals surface area contributed by atoms with Gasteiger partial charge in [0.2, 0.25) is 0 Å². The van der Waals surface area contributed by atoms with Crippen LogP contribution in [0.15, 0.2) is 158 Å². The highest BCUT2D eigenvalue weighted by Gasteiger charge is 2.40. The molecule has 0 saturated heterocycles. The highest BCUT2D eigenvalue weighted by molar-refractivity contribution is 6.36. The number of nitrogens with zero attached hydrogens (tertiary/aromatic N) is 4. The van der Waals surface area contributed by atoms with Crippen LogP contribution in [0.4, 0.5) is 5.69 Å². The first-order valence-electron chi connectivity index (χ1n) is 16.8. The fourth-order valence-corrected chi connectivity index (χ4v) is 7.49. The smallest absolute Gasteiger partial charge is 0.268 e. The minimum atomic E-state index is -0.395. The number of imide groups is 1. The maximum Gasteiger partial charge on any atom is 0.268 e. The highest BCUT2D eigenvalue weighted by atomic mass is 16.2. The van der Waals surface area contributed by atoms with Crippen molar-refractivity contribution in [2.45, 2.75) is 0 Å². The number of aromatic nitrogens is 1. The summed E-state index contributed by atoms with van der Waals surface area (Å²) < 4.78 is 2.04. The summed E-state index contributed by atoms with van der Waals surface area (Å²) in [6.07, 6.45) is 0. The van der Waals surface area contributed by atoms with Crippen molar-refractivity contribution in [3.8, 4) is 51.2 Å². The molecule has 6 heteroatoms. The fourth-order valence-electron chi connectivity index (χ4n) is 7.49. The topological polar surface area (TPSA) is 89.9 Å². The van der Waals surface area contributed by atoms with E-state index in [2.05, 4.69) is 24.3 Å². The molecule has 7 aromatic carbocycles. The number of hydrogen-bond acceptors (Lipinski definition) is 4. The van der Waals surface area contributed by atoms with E-state index >= 15 is 0 Å². The fraction of sp³-hybridized carbons (Fsp3) is 0. The largest absolute Gasteiger partial charge is 0.308 e. The summed E-state index contributed by atoms with van der Waals surface area (Å²) >= 11 is 0. The minimum Gasteiger partial charge on any atom is -0.308 e. The van der Waals surface area contributed by atoms with Gasteiger partial charge in [-0.25, -0.2) is 4.90 Å². The molecular weight excluding hydrogens is 641 g/mol. The van der Waals surface area contributed by atoms with Gasteiger partial charge in [-0.2, -0.15) is 10.5 Å². The molecule has 52 heavy (non-hydrogen) atoms. The highest BCUT2D eigenvalue weighted by Crippen LogP contribution is 2.42. The molecule has 0 N–H and O–H groups in total. The summed E-state index contributed by atoms with van der Waals surface area (Å²) in [6, 6.07) is 54.4. The van der Waals surface area contributed by atoms with E-state index < -0.39 is 5.91 Å². The van der Waals surface area contributed by atoms with Crippen LogP contribution in [0.3, 0.4) is 0 Å². The van der Waals surface area contributed by atoms with Gasteiger partial charge in [-0.3, -0.25) is 9.59 Å². The van der Waals surface area contributed by atoms with Crippen molar-refractivity contribution in [2.75, 3.05) is 4.90 Å². The van der Waals surface area contributed by atoms with Crippen molar-refractivity contribution < 1.29 is 9.59 Å². The monoisotopic (exact) mass is 666 g/mol. The zero-order chi connectivity index (χ0) is 35.3. The first-order chi connectivity index (χ1) is 25.6. The van der Waals surface area contributed by atoms with Crippen LogP contribution in [0.1, 0.15) is 31.8 Å². The summed E-state index contributed by atoms with van der Waals surface area (Å²) in [6.45, 7) is 0. The zero-order valence-corrected chi connectivity index (χ0v) is 27.6. The number of benzene rings is 7. The summed E-state index contributed by atoms with van der Waals surface area (Å²) in [5.74, 6) is -0.773. The summed E-state index contributed by atoms with van der Waals surface area (Å²) in [5.41, 5.74) is 9.62. The van der Waals surface area contributed by atoms with Crippen LogP contribution >= 0.6 is 0 Å². The van der Waals surface area contributed by atoms with E-state index in [4.69, 9.17) is 0 Å². The number of nitriles is 2. The Balaban J connectivity index is 1.28. The molecule has 2 heterocycles. The lowest BCUT2D eigenvalue weighted by molar-refractivity contribution is 0.0926. The Morgan fingerprint density at radius 3 is 1.52 bits per heavy atom. The van der Waals surface area contributed by atoms with Gasteiger partial charge in [-0.05, 0) is 82.4 Å². The van der Waals surface area contributed by atoms with Gasteiger partial charge in [0.1, 0.15) is 0 Å². The second kappa shape index (κ2) is 12.1. The van der Waals surface area contributed by atoms with Gasteiger partial charge in [-0.15, -0.1) is 0 Å². The van der Waals surface area contributed by atoms with E-state index in [0.29, 0.717) is 33.6 Å². The van der Waals surface area contributed by atoms with Crippen LogP contribution in [0, 0.1) is 22.7 Å². The molecule has 0 spiro atoms. The normalized spacial score (nSPS) is 12.2. The number of para-hydroxylation sites is 1. The Hall–Kier alpha value is -7.54. The molecule has 9 rings (SSSR count). The second-order valence-electron chi connectivity index (χ2n) is 12.6. The van der Waals surface area contributed by atoms with Gasteiger partial charge in [-0.1, -0.05) is 103 Å². The number of anilines is 1. The van der Waals surface area contributed by atoms with Crippen molar-refractivity contribution in [1.82, 2.24) is 4.57 Å². The molecule has 6 nitrogen and oxygen atoms in total. The SMILES string of the molecule is N#Cc1ccccc1-c1ccc2c(c1)c1cc(-c3ccccc3C#N)ccc1n2-c1cccc2c1C(=O)N(c1ccccc1-c1ccccc1)C2=O. The van der Waals surface area contributed by atoms with E-state index in [1.807, 2.05) is 132 Å². The van der Waals surface area contributed by atoms with Crippen molar-refractivity contribution in [1.29, 1.82) is 10.5 Å². The van der Waals surface area contributed by atoms with Crippen LogP contribution < -0.4 is 4.90 Å². The Bertz CT molecular complexity index is 2760. The number of rotatable bonds is 5. The number of hydrogen-bond donors (Lipinski definition) is 0. The number of carbonyl (C=O) groups excluding carboxylic acids is 2. The van der Waals surface area contributed by atoms with Gasteiger partial charge in [0.05, 0.1) is 56.8 Å². The number of fused-ring (bicyclic) bond motifs is 4. The molecule has 0 radical (unpaired) electrons. The van der Waals surface area contributed by atoms with Crippen molar-refractivity contribution >= 4 is 39.3 Å². The number of carbonyl (C=O) groups is 2. The lowest BCUT2D eigenvalue weighted by Gasteiger charge is -2.18. The Labute approximate surface area is 299 Å². The van der Waals surface area contributed by atoms with Crippen LogP contribution in [0.25, 0.3) is 60.9 Å². The lowest BCUT2D eigenvalue weighted by Crippen LogP contribution is -2.30. The first-order valence-corrected chi connectivity index (χ1v) is 16.8. The molecule has 242 valence electrons. The van der Waals surface area contributed by atoms with E-state index in [1.165, 1.54) is 4.90 Å². The molecular formula is C46H26N4O2. The average molecular weight is 667 g/mol. The van der Waals surface area contributed by atoms with Crippen LogP contribution in [0.5, 0.6) is 0 Å². The maximum absolute atomic E-state index is 14.6. The molecule has 0 bridgehead atoms. The van der Waals surface area contributed by atoms with Crippen LogP contribution in [-0.4, -0.2) is 16.4 Å². The number of amides is 2. The predicted molar refractivity (Wildman–Crippen MR) is 204 cm³/mol. The van der Waals surface area contributed by atoms with Crippen molar-refractivity contribution in [3.05, 3.63) is 180 Å². The molecule has 0 aliphatic carbocycles. The molecule has 1 aromatic heterocycles. The summed E-state index contributed by atoms with van der Waals surface area (Å²) in [5, 5.41) is 21.6. The van der Waals surface area contributed by atoms with Gasteiger partial charge < -0.3 is 4.57 Å². The first kappa shape index (κ1) is 30.5. The molecule has 2 amide bonds. The Morgan fingerprint density at radius 1 is 0.423 bits per heavy atom. The summed E-state index contributed by atoms with van der Waals surface area (Å²) in [7, 11) is 0. The van der Waals surface area contributed by atoms with Gasteiger partial charge in [0, 0.05) is 16.3 Å². The van der Waals surface area contributed by atoms with Crippen LogP contribution in [0.2, 0.25) is 0 Å². The molecule has 0 atom stereocenters. The molecule has 1 aliphatic rings. The Kier molecular flexibility index (Phi) is 7.10. The molecule has 8 aromatic rings. The molecule has 0 saturated carbocycles. The standard InChI is InChI=1S/C46H26N4O2/c47-27-32-13-4-6-15-34(32)30-21-23-41-38(25-30)39-26-31(35-16-7-5-14-33(35)28-48)22-24-42(39)49(41)43-20-10-18-37-44(43)46(52)50(45(37)51)40-19-9-8-17-36(40)29-11-2-1-3-12-29/h1-26H. The van der Waals surface area contributed by atoms with Crippen LogP contribution in [-0.2, 0) is 0 Å². The molecule has 0 fully saturated rings. The van der Waals surface area contributed by atoms with Gasteiger partial charge >= 0.3 is 0 Å². The molecule has 0 unspecified atom stereocenters. The third-order valence-electron chi connectivity index (χ3n) is 9.85. The lowest BCUT2D eigenvalue weighted by atomic mass is 9.96. The van der Waals surface area contributed by atoms with Crippen molar-refractivity contribution in [2.24, 2.45) is 0 Å². The van der Waals surface area contributed by atoms with E-state index in [1.54, 1.807) is 18.2 Å². The second-order valence-corrected chi connectivity index (χ2v) is 12.6. The predicted octanol–water partition coefficient (Wildman–Crippen LogP) is 10.3. The summed E-state index contributed by atoms with van der Waals surface area (Å²) in [4.78, 5) is 30.1. The average Bonchev–Trinajstić information content (AvgIpc) is 3.67. The van der Waals surface area contributed by atoms with E-state index in [0.717, 1.165) is 55.2 Å². The zero-order valence-electron chi connectivity index (χ0n) is 27.6. The quantitative estimate of drug-likeness (QED) is 0.171. The molecule has 1 aliphatic heterocycles. The van der Waals surface area contributed by atoms with E-state index in [9.17, 15) is 20.1 Å². The van der Waals surface area contributed by atoms with E-state index in [-0.39, 0.29) is 5.91 Å². The van der Waals surface area contributed by atoms with Gasteiger partial charge in [0.25, 0.3) is 11.8 Å². The van der Waals surface area contributed by atoms with Crippen molar-refractivity contribution in [3.63, 3.8) is 0 Å².